The molecule has 1 atom stereocenters. The average molecular weight is 332 g/mol. The van der Waals surface area contributed by atoms with E-state index in [0.717, 1.165) is 5.56 Å². The molecule has 122 valence electrons. The minimum absolute atomic E-state index is 0.116. The van der Waals surface area contributed by atoms with E-state index in [9.17, 15) is 9.59 Å². The van der Waals surface area contributed by atoms with Crippen LogP contribution >= 0.6 is 11.3 Å². The molecule has 0 fully saturated rings. The molecule has 0 aliphatic rings. The molecule has 0 saturated heterocycles. The maximum atomic E-state index is 11.8. The van der Waals surface area contributed by atoms with Crippen molar-refractivity contribution in [2.24, 2.45) is 0 Å². The Balaban J connectivity index is 1.69. The molecule has 5 nitrogen and oxygen atoms in total. The molecule has 2 amide bonds. The summed E-state index contributed by atoms with van der Waals surface area (Å²) in [6.07, 6.45) is 0.0587. The van der Waals surface area contributed by atoms with Crippen LogP contribution in [-0.4, -0.2) is 32.0 Å². The van der Waals surface area contributed by atoms with Crippen molar-refractivity contribution in [3.8, 4) is 0 Å². The van der Waals surface area contributed by atoms with Gasteiger partial charge >= 0.3 is 0 Å². The third-order valence-electron chi connectivity index (χ3n) is 3.32. The highest BCUT2D eigenvalue weighted by Gasteiger charge is 2.12. The Bertz CT molecular complexity index is 614. The lowest BCUT2D eigenvalue weighted by molar-refractivity contribution is -0.121. The van der Waals surface area contributed by atoms with Gasteiger partial charge in [0.1, 0.15) is 0 Å². The lowest BCUT2D eigenvalue weighted by atomic mass is 10.1. The van der Waals surface area contributed by atoms with Gasteiger partial charge in [-0.2, -0.15) is 0 Å². The molecule has 2 aromatic rings. The van der Waals surface area contributed by atoms with Crippen LogP contribution in [0.15, 0.2) is 47.8 Å². The Labute approximate surface area is 139 Å². The van der Waals surface area contributed by atoms with Crippen molar-refractivity contribution < 1.29 is 14.3 Å². The second-order valence-electron chi connectivity index (χ2n) is 4.92. The zero-order valence-corrected chi connectivity index (χ0v) is 13.8. The number of carbonyl (C=O) groups excluding carboxylic acids is 2. The van der Waals surface area contributed by atoms with Crippen LogP contribution in [0.25, 0.3) is 0 Å². The van der Waals surface area contributed by atoms with Gasteiger partial charge in [-0.3, -0.25) is 9.59 Å². The zero-order chi connectivity index (χ0) is 16.5. The minimum Gasteiger partial charge on any atom is -0.375 e. The molecule has 0 aliphatic carbocycles. The molecule has 1 unspecified atom stereocenters. The van der Waals surface area contributed by atoms with Crippen LogP contribution in [0.2, 0.25) is 0 Å². The Hall–Kier alpha value is -2.18. The molecule has 1 aromatic heterocycles. The van der Waals surface area contributed by atoms with Crippen molar-refractivity contribution in [2.45, 2.75) is 12.5 Å². The largest absolute Gasteiger partial charge is 0.375 e. The van der Waals surface area contributed by atoms with Crippen LogP contribution in [0.4, 0.5) is 0 Å². The summed E-state index contributed by atoms with van der Waals surface area (Å²) in [5, 5.41) is 7.40. The Morgan fingerprint density at radius 1 is 1.13 bits per heavy atom. The molecule has 0 saturated carbocycles. The average Bonchev–Trinajstić information content (AvgIpc) is 3.11. The Morgan fingerprint density at radius 2 is 1.91 bits per heavy atom. The first kappa shape index (κ1) is 17.2. The molecule has 0 spiro atoms. The highest BCUT2D eigenvalue weighted by molar-refractivity contribution is 7.12. The lowest BCUT2D eigenvalue weighted by Crippen LogP contribution is -2.33. The van der Waals surface area contributed by atoms with E-state index < -0.39 is 0 Å². The SMILES string of the molecule is COC(CNC(=O)CCNC(=O)c1cccs1)c1ccccc1. The summed E-state index contributed by atoms with van der Waals surface area (Å²) in [5.41, 5.74) is 1.02. The molecule has 0 aliphatic heterocycles. The Morgan fingerprint density at radius 3 is 2.57 bits per heavy atom. The van der Waals surface area contributed by atoms with Crippen LogP contribution in [-0.2, 0) is 9.53 Å². The molecule has 6 heteroatoms. The van der Waals surface area contributed by atoms with Gasteiger partial charge in [0.05, 0.1) is 11.0 Å². The number of ether oxygens (including phenoxy) is 1. The van der Waals surface area contributed by atoms with Crippen molar-refractivity contribution in [1.82, 2.24) is 10.6 Å². The number of amides is 2. The third kappa shape index (κ3) is 5.50. The van der Waals surface area contributed by atoms with Gasteiger partial charge in [-0.1, -0.05) is 36.4 Å². The molecule has 1 heterocycles. The van der Waals surface area contributed by atoms with Crippen molar-refractivity contribution in [1.29, 1.82) is 0 Å². The second kappa shape index (κ2) is 9.07. The van der Waals surface area contributed by atoms with Gasteiger partial charge in [0, 0.05) is 26.6 Å². The monoisotopic (exact) mass is 332 g/mol. The maximum Gasteiger partial charge on any atom is 0.261 e. The summed E-state index contributed by atoms with van der Waals surface area (Å²) in [5.74, 6) is -0.263. The number of rotatable bonds is 8. The molecule has 2 rings (SSSR count). The zero-order valence-electron chi connectivity index (χ0n) is 13.0. The van der Waals surface area contributed by atoms with Gasteiger partial charge in [-0.15, -0.1) is 11.3 Å². The van der Waals surface area contributed by atoms with Gasteiger partial charge in [-0.25, -0.2) is 0 Å². The fraction of sp³-hybridized carbons (Fsp3) is 0.294. The predicted octanol–water partition coefficient (Wildman–Crippen LogP) is 2.37. The van der Waals surface area contributed by atoms with Crippen molar-refractivity contribution in [2.75, 3.05) is 20.2 Å². The lowest BCUT2D eigenvalue weighted by Gasteiger charge is -2.16. The van der Waals surface area contributed by atoms with E-state index in [1.165, 1.54) is 11.3 Å². The first-order valence-corrected chi connectivity index (χ1v) is 8.25. The Kier molecular flexibility index (Phi) is 6.77. The number of methoxy groups -OCH3 is 1. The standard InChI is InChI=1S/C17H20N2O3S/c1-22-14(13-6-3-2-4-7-13)12-19-16(20)9-10-18-17(21)15-8-5-11-23-15/h2-8,11,14H,9-10,12H2,1H3,(H,18,21)(H,19,20). The molecule has 1 aromatic carbocycles. The second-order valence-corrected chi connectivity index (χ2v) is 5.87. The molecule has 23 heavy (non-hydrogen) atoms. The van der Waals surface area contributed by atoms with Crippen molar-refractivity contribution >= 4 is 23.2 Å². The summed E-state index contributed by atoms with van der Waals surface area (Å²) in [6, 6.07) is 13.3. The normalized spacial score (nSPS) is 11.7. The molecule has 0 bridgehead atoms. The van der Waals surface area contributed by atoms with Gasteiger partial charge < -0.3 is 15.4 Å². The van der Waals surface area contributed by atoms with Crippen LogP contribution in [0, 0.1) is 0 Å². The van der Waals surface area contributed by atoms with E-state index in [-0.39, 0.29) is 24.3 Å². The van der Waals surface area contributed by atoms with Crippen LogP contribution < -0.4 is 10.6 Å². The topological polar surface area (TPSA) is 67.4 Å². The molecule has 0 radical (unpaired) electrons. The summed E-state index contributed by atoms with van der Waals surface area (Å²) >= 11 is 1.38. The maximum absolute atomic E-state index is 11.8. The number of thiophene rings is 1. The van der Waals surface area contributed by atoms with Crippen molar-refractivity contribution in [3.05, 3.63) is 58.3 Å². The third-order valence-corrected chi connectivity index (χ3v) is 4.19. The van der Waals surface area contributed by atoms with E-state index in [2.05, 4.69) is 10.6 Å². The van der Waals surface area contributed by atoms with E-state index in [1.807, 2.05) is 41.8 Å². The number of nitrogens with one attached hydrogen (secondary N) is 2. The van der Waals surface area contributed by atoms with Gasteiger partial charge in [0.25, 0.3) is 5.91 Å². The highest BCUT2D eigenvalue weighted by Crippen LogP contribution is 2.14. The molecular weight excluding hydrogens is 312 g/mol. The highest BCUT2D eigenvalue weighted by atomic mass is 32.1. The number of hydrogen-bond donors (Lipinski definition) is 2. The fourth-order valence-electron chi connectivity index (χ4n) is 2.08. The number of hydrogen-bond acceptors (Lipinski definition) is 4. The summed E-state index contributed by atoms with van der Waals surface area (Å²) < 4.78 is 5.40. The quantitative estimate of drug-likeness (QED) is 0.780. The summed E-state index contributed by atoms with van der Waals surface area (Å²) in [6.45, 7) is 0.712. The van der Waals surface area contributed by atoms with E-state index >= 15 is 0 Å². The van der Waals surface area contributed by atoms with Crippen LogP contribution in [0.3, 0.4) is 0 Å². The number of benzene rings is 1. The molecule has 2 N–H and O–H groups in total. The van der Waals surface area contributed by atoms with Crippen LogP contribution in [0.1, 0.15) is 27.8 Å². The first-order valence-electron chi connectivity index (χ1n) is 7.37. The van der Waals surface area contributed by atoms with E-state index in [4.69, 9.17) is 4.74 Å². The summed E-state index contributed by atoms with van der Waals surface area (Å²) in [7, 11) is 1.62. The van der Waals surface area contributed by atoms with E-state index in [1.54, 1.807) is 13.2 Å². The van der Waals surface area contributed by atoms with Gasteiger partial charge in [-0.05, 0) is 17.0 Å². The predicted molar refractivity (Wildman–Crippen MR) is 90.5 cm³/mol. The van der Waals surface area contributed by atoms with Gasteiger partial charge in [0.15, 0.2) is 0 Å². The minimum atomic E-state index is -0.180. The smallest absolute Gasteiger partial charge is 0.261 e. The number of carbonyl (C=O) groups is 2. The first-order chi connectivity index (χ1) is 11.2. The fourth-order valence-corrected chi connectivity index (χ4v) is 2.72. The summed E-state index contributed by atoms with van der Waals surface area (Å²) in [4.78, 5) is 24.2. The van der Waals surface area contributed by atoms with E-state index in [0.29, 0.717) is 18.0 Å². The van der Waals surface area contributed by atoms with Crippen molar-refractivity contribution in [3.63, 3.8) is 0 Å². The molecular formula is C17H20N2O3S. The van der Waals surface area contributed by atoms with Gasteiger partial charge in [0.2, 0.25) is 5.91 Å². The van der Waals surface area contributed by atoms with Crippen LogP contribution in [0.5, 0.6) is 0 Å².